The van der Waals surface area contributed by atoms with Crippen LogP contribution in [0.25, 0.3) is 0 Å². The molecule has 1 atom stereocenters. The van der Waals surface area contributed by atoms with Crippen molar-refractivity contribution in [2.45, 2.75) is 17.4 Å². The van der Waals surface area contributed by atoms with Crippen molar-refractivity contribution < 1.29 is 4.39 Å². The first-order chi connectivity index (χ1) is 9.19. The smallest absolute Gasteiger partial charge is 0.136 e. The molecule has 2 aromatic rings. The summed E-state index contributed by atoms with van der Waals surface area (Å²) >= 11 is 1.46. The molecule has 0 spiro atoms. The third-order valence-electron chi connectivity index (χ3n) is 2.75. The van der Waals surface area contributed by atoms with E-state index in [1.807, 2.05) is 25.5 Å². The number of hydrazine groups is 1. The van der Waals surface area contributed by atoms with E-state index in [1.54, 1.807) is 16.8 Å². The predicted molar refractivity (Wildman–Crippen MR) is 75.1 cm³/mol. The Morgan fingerprint density at radius 3 is 2.89 bits per heavy atom. The highest BCUT2D eigenvalue weighted by atomic mass is 32.2. The lowest BCUT2D eigenvalue weighted by atomic mass is 10.1. The van der Waals surface area contributed by atoms with E-state index in [1.165, 1.54) is 17.8 Å². The van der Waals surface area contributed by atoms with Crippen LogP contribution in [0.1, 0.15) is 5.56 Å². The van der Waals surface area contributed by atoms with Crippen molar-refractivity contribution in [2.75, 3.05) is 5.75 Å². The number of halogens is 1. The number of hydrogen-bond acceptors (Lipinski definition) is 4. The zero-order valence-electron chi connectivity index (χ0n) is 10.7. The lowest BCUT2D eigenvalue weighted by molar-refractivity contribution is 0.573. The number of nitrogens with zero attached hydrogens (tertiary/aromatic N) is 2. The fourth-order valence-electron chi connectivity index (χ4n) is 1.78. The summed E-state index contributed by atoms with van der Waals surface area (Å²) in [7, 11) is 1.88. The van der Waals surface area contributed by atoms with Crippen LogP contribution in [0, 0.1) is 5.82 Å². The van der Waals surface area contributed by atoms with E-state index < -0.39 is 0 Å². The van der Waals surface area contributed by atoms with Gasteiger partial charge in [0.15, 0.2) is 0 Å². The summed E-state index contributed by atoms with van der Waals surface area (Å²) in [6.07, 6.45) is 4.54. The van der Waals surface area contributed by atoms with Crippen LogP contribution in [0.2, 0.25) is 0 Å². The van der Waals surface area contributed by atoms with Crippen LogP contribution in [0.15, 0.2) is 41.6 Å². The minimum absolute atomic E-state index is 0.0776. The van der Waals surface area contributed by atoms with Gasteiger partial charge in [-0.05, 0) is 24.1 Å². The molecule has 0 aliphatic carbocycles. The highest BCUT2D eigenvalue weighted by molar-refractivity contribution is 7.99. The molecule has 0 saturated carbocycles. The molecule has 1 aromatic carbocycles. The molecule has 0 aliphatic rings. The minimum atomic E-state index is -0.190. The Balaban J connectivity index is 1.91. The largest absolute Gasteiger partial charge is 0.276 e. The Kier molecular flexibility index (Phi) is 4.95. The maximum absolute atomic E-state index is 13.5. The van der Waals surface area contributed by atoms with Crippen LogP contribution in [0.3, 0.4) is 0 Å². The van der Waals surface area contributed by atoms with E-state index >= 15 is 0 Å². The first-order valence-electron chi connectivity index (χ1n) is 6.00. The van der Waals surface area contributed by atoms with Gasteiger partial charge in [0, 0.05) is 29.9 Å². The summed E-state index contributed by atoms with van der Waals surface area (Å²) in [4.78, 5) is 0.647. The molecule has 6 heteroatoms. The topological polar surface area (TPSA) is 55.9 Å². The van der Waals surface area contributed by atoms with Crippen LogP contribution in [0.4, 0.5) is 4.39 Å². The zero-order valence-corrected chi connectivity index (χ0v) is 11.5. The average molecular weight is 280 g/mol. The number of nitrogens with one attached hydrogen (secondary N) is 1. The maximum Gasteiger partial charge on any atom is 0.136 e. The summed E-state index contributed by atoms with van der Waals surface area (Å²) in [5.41, 5.74) is 3.88. The molecule has 1 aromatic heterocycles. The SMILES string of the molecule is Cn1cc(CC(CSc2ccccc2F)NN)cn1. The fourth-order valence-corrected chi connectivity index (χ4v) is 2.76. The molecular weight excluding hydrogens is 263 g/mol. The van der Waals surface area contributed by atoms with Gasteiger partial charge >= 0.3 is 0 Å². The number of nitrogens with two attached hydrogens (primary N) is 1. The quantitative estimate of drug-likeness (QED) is 0.481. The van der Waals surface area contributed by atoms with Gasteiger partial charge in [-0.15, -0.1) is 11.8 Å². The van der Waals surface area contributed by atoms with E-state index in [0.717, 1.165) is 12.0 Å². The summed E-state index contributed by atoms with van der Waals surface area (Å²) in [5, 5.41) is 4.12. The summed E-state index contributed by atoms with van der Waals surface area (Å²) in [6.45, 7) is 0. The third-order valence-corrected chi connectivity index (χ3v) is 3.96. The van der Waals surface area contributed by atoms with Gasteiger partial charge in [-0.1, -0.05) is 12.1 Å². The van der Waals surface area contributed by atoms with E-state index in [-0.39, 0.29) is 11.9 Å². The van der Waals surface area contributed by atoms with Crippen LogP contribution in [-0.4, -0.2) is 21.6 Å². The Bertz CT molecular complexity index is 529. The highest BCUT2D eigenvalue weighted by Gasteiger charge is 2.11. The van der Waals surface area contributed by atoms with Crippen LogP contribution >= 0.6 is 11.8 Å². The van der Waals surface area contributed by atoms with Gasteiger partial charge < -0.3 is 0 Å². The Morgan fingerprint density at radius 1 is 1.47 bits per heavy atom. The van der Waals surface area contributed by atoms with E-state index in [4.69, 9.17) is 5.84 Å². The van der Waals surface area contributed by atoms with E-state index in [0.29, 0.717) is 10.6 Å². The molecule has 1 heterocycles. The van der Waals surface area contributed by atoms with Crippen molar-refractivity contribution in [3.8, 4) is 0 Å². The van der Waals surface area contributed by atoms with Gasteiger partial charge in [-0.2, -0.15) is 5.10 Å². The molecule has 0 saturated heterocycles. The van der Waals surface area contributed by atoms with Crippen LogP contribution < -0.4 is 11.3 Å². The van der Waals surface area contributed by atoms with Gasteiger partial charge in [0.25, 0.3) is 0 Å². The number of rotatable bonds is 6. The van der Waals surface area contributed by atoms with Crippen molar-refractivity contribution in [1.29, 1.82) is 0 Å². The van der Waals surface area contributed by atoms with Crippen molar-refractivity contribution in [3.05, 3.63) is 48.0 Å². The Morgan fingerprint density at radius 2 is 2.26 bits per heavy atom. The van der Waals surface area contributed by atoms with Gasteiger partial charge in [-0.3, -0.25) is 16.0 Å². The van der Waals surface area contributed by atoms with Gasteiger partial charge in [0.2, 0.25) is 0 Å². The molecule has 0 bridgehead atoms. The lowest BCUT2D eigenvalue weighted by Gasteiger charge is -2.14. The highest BCUT2D eigenvalue weighted by Crippen LogP contribution is 2.22. The molecule has 0 radical (unpaired) electrons. The normalized spacial score (nSPS) is 12.6. The molecule has 19 heavy (non-hydrogen) atoms. The molecule has 0 aliphatic heterocycles. The van der Waals surface area contributed by atoms with Crippen molar-refractivity contribution >= 4 is 11.8 Å². The number of aryl methyl sites for hydroxylation is 1. The predicted octanol–water partition coefficient (Wildman–Crippen LogP) is 1.73. The number of aromatic nitrogens is 2. The number of hydrogen-bond donors (Lipinski definition) is 2. The fraction of sp³-hybridized carbons (Fsp3) is 0.308. The molecule has 4 nitrogen and oxygen atoms in total. The number of thioether (sulfide) groups is 1. The second-order valence-corrected chi connectivity index (χ2v) is 5.39. The van der Waals surface area contributed by atoms with E-state index in [9.17, 15) is 4.39 Å². The third kappa shape index (κ3) is 4.05. The van der Waals surface area contributed by atoms with Crippen molar-refractivity contribution in [3.63, 3.8) is 0 Å². The zero-order chi connectivity index (χ0) is 13.7. The maximum atomic E-state index is 13.5. The van der Waals surface area contributed by atoms with Gasteiger partial charge in [0.05, 0.1) is 6.20 Å². The first-order valence-corrected chi connectivity index (χ1v) is 6.98. The van der Waals surface area contributed by atoms with E-state index in [2.05, 4.69) is 10.5 Å². The molecule has 1 unspecified atom stereocenters. The van der Waals surface area contributed by atoms with Gasteiger partial charge in [-0.25, -0.2) is 4.39 Å². The molecule has 3 N–H and O–H groups in total. The standard InChI is InChI=1S/C13H17FN4S/c1-18-8-10(7-16-18)6-11(17-15)9-19-13-5-3-2-4-12(13)14/h2-5,7-8,11,17H,6,9,15H2,1H3. The molecular formula is C13H17FN4S. The van der Waals surface area contributed by atoms with Crippen molar-refractivity contribution in [2.24, 2.45) is 12.9 Å². The monoisotopic (exact) mass is 280 g/mol. The minimum Gasteiger partial charge on any atom is -0.276 e. The van der Waals surface area contributed by atoms with Crippen LogP contribution in [0.5, 0.6) is 0 Å². The molecule has 102 valence electrons. The molecule has 0 amide bonds. The van der Waals surface area contributed by atoms with Gasteiger partial charge in [0.1, 0.15) is 5.82 Å². The molecule has 0 fully saturated rings. The Labute approximate surface area is 116 Å². The summed E-state index contributed by atoms with van der Waals surface area (Å²) in [5.74, 6) is 6.06. The lowest BCUT2D eigenvalue weighted by Crippen LogP contribution is -2.38. The average Bonchev–Trinajstić information content (AvgIpc) is 2.81. The molecule has 2 rings (SSSR count). The Hall–Kier alpha value is -1.37. The van der Waals surface area contributed by atoms with Crippen LogP contribution in [-0.2, 0) is 13.5 Å². The first kappa shape index (κ1) is 14.0. The summed E-state index contributed by atoms with van der Waals surface area (Å²) in [6, 6.07) is 6.84. The summed E-state index contributed by atoms with van der Waals surface area (Å²) < 4.78 is 15.2. The number of benzene rings is 1. The van der Waals surface area contributed by atoms with Crippen molar-refractivity contribution in [1.82, 2.24) is 15.2 Å². The second-order valence-electron chi connectivity index (χ2n) is 4.33. The second kappa shape index (κ2) is 6.70.